The molecule has 1 rings (SSSR count). The second kappa shape index (κ2) is 9.38. The highest BCUT2D eigenvalue weighted by molar-refractivity contribution is 5.81. The van der Waals surface area contributed by atoms with Gasteiger partial charge in [0.1, 0.15) is 6.04 Å². The Morgan fingerprint density at radius 1 is 1.43 bits per heavy atom. The van der Waals surface area contributed by atoms with Crippen LogP contribution < -0.4 is 11.1 Å². The molecular weight excluding hydrogens is 266 g/mol. The predicted octanol–water partition coefficient (Wildman–Crippen LogP) is 1.37. The fraction of sp³-hybridized carbons (Fsp3) is 0.938. The fourth-order valence-corrected chi connectivity index (χ4v) is 2.53. The maximum atomic E-state index is 12.2. The topological polar surface area (TPSA) is 67.6 Å². The molecule has 1 fully saturated rings. The Balaban J connectivity index is 2.34. The number of morpholine rings is 1. The second-order valence-electron chi connectivity index (χ2n) is 6.74. The highest BCUT2D eigenvalue weighted by atomic mass is 16.5. The van der Waals surface area contributed by atoms with Crippen LogP contribution in [0.1, 0.15) is 46.5 Å². The Morgan fingerprint density at radius 2 is 2.19 bits per heavy atom. The Hall–Kier alpha value is -0.650. The monoisotopic (exact) mass is 299 g/mol. The van der Waals surface area contributed by atoms with Crippen LogP contribution >= 0.6 is 0 Å². The molecule has 1 amide bonds. The van der Waals surface area contributed by atoms with Crippen LogP contribution in [0.3, 0.4) is 0 Å². The van der Waals surface area contributed by atoms with Crippen LogP contribution in [0.25, 0.3) is 0 Å². The molecule has 1 atom stereocenters. The maximum absolute atomic E-state index is 12.2. The summed E-state index contributed by atoms with van der Waals surface area (Å²) >= 11 is 0. The van der Waals surface area contributed by atoms with Gasteiger partial charge in [0, 0.05) is 13.1 Å². The van der Waals surface area contributed by atoms with Gasteiger partial charge >= 0.3 is 0 Å². The van der Waals surface area contributed by atoms with Crippen LogP contribution in [-0.4, -0.2) is 56.2 Å². The Bertz CT molecular complexity index is 308. The fourth-order valence-electron chi connectivity index (χ4n) is 2.53. The van der Waals surface area contributed by atoms with Gasteiger partial charge in [-0.25, -0.2) is 0 Å². The third-order valence-corrected chi connectivity index (χ3v) is 4.19. The molecule has 0 spiro atoms. The lowest BCUT2D eigenvalue weighted by atomic mass is 9.87. The number of carbonyl (C=O) groups excluding carboxylic acids is 1. The van der Waals surface area contributed by atoms with Crippen LogP contribution in [0, 0.1) is 5.41 Å². The molecule has 1 unspecified atom stereocenters. The first-order valence-electron chi connectivity index (χ1n) is 8.30. The summed E-state index contributed by atoms with van der Waals surface area (Å²) in [5, 5.41) is 2.98. The average Bonchev–Trinajstić information content (AvgIpc) is 2.49. The predicted molar refractivity (Wildman–Crippen MR) is 86.2 cm³/mol. The first kappa shape index (κ1) is 18.4. The summed E-state index contributed by atoms with van der Waals surface area (Å²) in [6, 6.07) is -0.118. The van der Waals surface area contributed by atoms with Gasteiger partial charge in [0.05, 0.1) is 13.2 Å². The zero-order valence-electron chi connectivity index (χ0n) is 14.0. The van der Waals surface area contributed by atoms with E-state index < -0.39 is 0 Å². The summed E-state index contributed by atoms with van der Waals surface area (Å²) in [6.07, 6.45) is 4.37. The molecule has 0 aromatic carbocycles. The number of nitrogens with zero attached hydrogens (tertiary/aromatic N) is 1. The van der Waals surface area contributed by atoms with E-state index in [0.29, 0.717) is 6.61 Å². The van der Waals surface area contributed by atoms with E-state index in [1.54, 1.807) is 0 Å². The quantitative estimate of drug-likeness (QED) is 0.631. The summed E-state index contributed by atoms with van der Waals surface area (Å²) in [5.41, 5.74) is 5.98. The molecule has 0 aromatic rings. The van der Waals surface area contributed by atoms with Gasteiger partial charge in [-0.3, -0.25) is 9.69 Å². The molecule has 1 saturated heterocycles. The molecule has 0 bridgehead atoms. The number of hydrogen-bond acceptors (Lipinski definition) is 4. The average molecular weight is 299 g/mol. The first-order valence-corrected chi connectivity index (χ1v) is 8.30. The van der Waals surface area contributed by atoms with Gasteiger partial charge in [-0.05, 0) is 37.8 Å². The SMILES string of the molecule is CCCNC(=O)C1COCCN1CCCCC(C)(C)CN. The van der Waals surface area contributed by atoms with Crippen molar-refractivity contribution in [2.75, 3.05) is 39.4 Å². The molecule has 1 aliphatic rings. The van der Waals surface area contributed by atoms with Gasteiger partial charge in [-0.15, -0.1) is 0 Å². The van der Waals surface area contributed by atoms with Crippen molar-refractivity contribution in [3.63, 3.8) is 0 Å². The van der Waals surface area contributed by atoms with E-state index in [1.807, 2.05) is 0 Å². The molecule has 5 heteroatoms. The lowest BCUT2D eigenvalue weighted by molar-refractivity contribution is -0.132. The van der Waals surface area contributed by atoms with Crippen molar-refractivity contribution >= 4 is 5.91 Å². The summed E-state index contributed by atoms with van der Waals surface area (Å²) in [5.74, 6) is 0.110. The Kier molecular flexibility index (Phi) is 8.22. The van der Waals surface area contributed by atoms with Crippen LogP contribution in [0.4, 0.5) is 0 Å². The van der Waals surface area contributed by atoms with E-state index in [0.717, 1.165) is 58.5 Å². The molecule has 21 heavy (non-hydrogen) atoms. The molecular formula is C16H33N3O2. The van der Waals surface area contributed by atoms with Crippen molar-refractivity contribution in [2.24, 2.45) is 11.1 Å². The number of rotatable bonds is 9. The number of amides is 1. The van der Waals surface area contributed by atoms with Gasteiger partial charge < -0.3 is 15.8 Å². The van der Waals surface area contributed by atoms with Crippen molar-refractivity contribution in [1.29, 1.82) is 0 Å². The molecule has 0 radical (unpaired) electrons. The minimum atomic E-state index is -0.118. The summed E-state index contributed by atoms with van der Waals surface area (Å²) in [4.78, 5) is 14.4. The zero-order valence-corrected chi connectivity index (χ0v) is 14.0. The molecule has 5 nitrogen and oxygen atoms in total. The molecule has 0 aromatic heterocycles. The lowest BCUT2D eigenvalue weighted by Gasteiger charge is -2.34. The second-order valence-corrected chi connectivity index (χ2v) is 6.74. The highest BCUT2D eigenvalue weighted by Crippen LogP contribution is 2.21. The van der Waals surface area contributed by atoms with E-state index in [-0.39, 0.29) is 17.4 Å². The van der Waals surface area contributed by atoms with Gasteiger partial charge in [0.2, 0.25) is 5.91 Å². The molecule has 1 aliphatic heterocycles. The standard InChI is InChI=1S/C16H33N3O2/c1-4-8-18-15(20)14-12-21-11-10-19(14)9-6-5-7-16(2,3)13-17/h14H,4-13,17H2,1-3H3,(H,18,20). The summed E-state index contributed by atoms with van der Waals surface area (Å²) < 4.78 is 5.47. The minimum absolute atomic E-state index is 0.110. The normalized spacial score (nSPS) is 20.5. The third-order valence-electron chi connectivity index (χ3n) is 4.19. The van der Waals surface area contributed by atoms with Crippen molar-refractivity contribution in [2.45, 2.75) is 52.5 Å². The van der Waals surface area contributed by atoms with Gasteiger partial charge in [0.25, 0.3) is 0 Å². The smallest absolute Gasteiger partial charge is 0.239 e. The van der Waals surface area contributed by atoms with Gasteiger partial charge in [-0.1, -0.05) is 27.2 Å². The van der Waals surface area contributed by atoms with Crippen molar-refractivity contribution < 1.29 is 9.53 Å². The van der Waals surface area contributed by atoms with E-state index >= 15 is 0 Å². The summed E-state index contributed by atoms with van der Waals surface area (Å²) in [6.45, 7) is 11.0. The van der Waals surface area contributed by atoms with E-state index in [9.17, 15) is 4.79 Å². The number of carbonyl (C=O) groups is 1. The number of ether oxygens (including phenoxy) is 1. The van der Waals surface area contributed by atoms with E-state index in [2.05, 4.69) is 31.0 Å². The zero-order chi connectivity index (χ0) is 15.7. The Labute approximate surface area is 129 Å². The number of hydrogen-bond donors (Lipinski definition) is 2. The van der Waals surface area contributed by atoms with Gasteiger partial charge in [0.15, 0.2) is 0 Å². The summed E-state index contributed by atoms with van der Waals surface area (Å²) in [7, 11) is 0. The molecule has 124 valence electrons. The minimum Gasteiger partial charge on any atom is -0.378 e. The molecule has 0 saturated carbocycles. The van der Waals surface area contributed by atoms with Crippen LogP contribution in [-0.2, 0) is 9.53 Å². The van der Waals surface area contributed by atoms with Crippen LogP contribution in [0.15, 0.2) is 0 Å². The molecule has 3 N–H and O–H groups in total. The number of nitrogens with two attached hydrogens (primary N) is 1. The Morgan fingerprint density at radius 3 is 2.86 bits per heavy atom. The van der Waals surface area contributed by atoms with Crippen LogP contribution in [0.5, 0.6) is 0 Å². The first-order chi connectivity index (χ1) is 10.00. The third kappa shape index (κ3) is 6.76. The van der Waals surface area contributed by atoms with Crippen molar-refractivity contribution in [3.05, 3.63) is 0 Å². The largest absolute Gasteiger partial charge is 0.378 e. The van der Waals surface area contributed by atoms with E-state index in [4.69, 9.17) is 10.5 Å². The highest BCUT2D eigenvalue weighted by Gasteiger charge is 2.28. The molecule has 0 aliphatic carbocycles. The number of unbranched alkanes of at least 4 members (excludes halogenated alkanes) is 1. The van der Waals surface area contributed by atoms with E-state index in [1.165, 1.54) is 0 Å². The van der Waals surface area contributed by atoms with Crippen molar-refractivity contribution in [1.82, 2.24) is 10.2 Å². The molecule has 1 heterocycles. The van der Waals surface area contributed by atoms with Gasteiger partial charge in [-0.2, -0.15) is 0 Å². The maximum Gasteiger partial charge on any atom is 0.239 e. The lowest BCUT2D eigenvalue weighted by Crippen LogP contribution is -2.54. The van der Waals surface area contributed by atoms with Crippen LogP contribution in [0.2, 0.25) is 0 Å². The van der Waals surface area contributed by atoms with Crippen molar-refractivity contribution in [3.8, 4) is 0 Å². The number of nitrogens with one attached hydrogen (secondary N) is 1.